The highest BCUT2D eigenvalue weighted by atomic mass is 32.2. The number of hydrogen-bond donors (Lipinski definition) is 1. The summed E-state index contributed by atoms with van der Waals surface area (Å²) in [4.78, 5) is 0.539. The zero-order chi connectivity index (χ0) is 13.2. The predicted molar refractivity (Wildman–Crippen MR) is 73.6 cm³/mol. The zero-order valence-corrected chi connectivity index (χ0v) is 11.8. The Kier molecular flexibility index (Phi) is 4.07. The lowest BCUT2D eigenvalue weighted by molar-refractivity contribution is 0.411. The maximum Gasteiger partial charge on any atom is 0.178 e. The number of likely N-dealkylation sites (N-methyl/N-ethyl adjacent to an activating group) is 1. The lowest BCUT2D eigenvalue weighted by atomic mass is 9.86. The van der Waals surface area contributed by atoms with E-state index in [0.29, 0.717) is 16.9 Å². The lowest BCUT2D eigenvalue weighted by Gasteiger charge is -2.32. The molecule has 0 spiro atoms. The van der Waals surface area contributed by atoms with E-state index < -0.39 is 9.84 Å². The van der Waals surface area contributed by atoms with E-state index in [1.54, 1.807) is 6.07 Å². The van der Waals surface area contributed by atoms with E-state index in [-0.39, 0.29) is 5.75 Å². The van der Waals surface area contributed by atoms with Gasteiger partial charge in [0.2, 0.25) is 0 Å². The Balaban J connectivity index is 2.42. The van der Waals surface area contributed by atoms with Crippen LogP contribution in [-0.4, -0.2) is 27.3 Å². The van der Waals surface area contributed by atoms with Crippen LogP contribution in [0.15, 0.2) is 29.2 Å². The topological polar surface area (TPSA) is 46.2 Å². The third-order valence-electron chi connectivity index (χ3n) is 3.81. The third kappa shape index (κ3) is 2.45. The van der Waals surface area contributed by atoms with Gasteiger partial charge in [-0.05, 0) is 31.5 Å². The summed E-state index contributed by atoms with van der Waals surface area (Å²) in [6.45, 7) is 2.16. The van der Waals surface area contributed by atoms with Gasteiger partial charge in [-0.2, -0.15) is 0 Å². The number of hydrogen-bond acceptors (Lipinski definition) is 3. The molecule has 1 heterocycles. The van der Waals surface area contributed by atoms with Gasteiger partial charge in [-0.15, -0.1) is 0 Å². The van der Waals surface area contributed by atoms with Crippen LogP contribution in [0, 0.1) is 0 Å². The number of benzene rings is 1. The van der Waals surface area contributed by atoms with E-state index in [9.17, 15) is 8.42 Å². The second-order valence-corrected chi connectivity index (χ2v) is 7.01. The molecule has 2 atom stereocenters. The Bertz CT molecular complexity index is 510. The van der Waals surface area contributed by atoms with Crippen molar-refractivity contribution in [1.82, 2.24) is 5.32 Å². The smallest absolute Gasteiger partial charge is 0.178 e. The van der Waals surface area contributed by atoms with Gasteiger partial charge in [-0.25, -0.2) is 8.42 Å². The zero-order valence-electron chi connectivity index (χ0n) is 11.0. The van der Waals surface area contributed by atoms with Crippen LogP contribution >= 0.6 is 0 Å². The largest absolute Gasteiger partial charge is 0.316 e. The molecule has 0 bridgehead atoms. The van der Waals surface area contributed by atoms with Crippen LogP contribution in [0.2, 0.25) is 0 Å². The minimum absolute atomic E-state index is 0.274. The van der Waals surface area contributed by atoms with Gasteiger partial charge >= 0.3 is 0 Å². The minimum atomic E-state index is -3.06. The first-order valence-corrected chi connectivity index (χ1v) is 8.24. The van der Waals surface area contributed by atoms with Gasteiger partial charge in [0.1, 0.15) is 0 Å². The van der Waals surface area contributed by atoms with Gasteiger partial charge in [0.05, 0.1) is 10.6 Å². The van der Waals surface area contributed by atoms with Crippen LogP contribution in [0.1, 0.15) is 37.7 Å². The highest BCUT2D eigenvalue weighted by Gasteiger charge is 2.33. The molecule has 1 N–H and O–H groups in total. The summed E-state index contributed by atoms with van der Waals surface area (Å²) in [7, 11) is -1.10. The molecule has 3 nitrogen and oxygen atoms in total. The van der Waals surface area contributed by atoms with Crippen molar-refractivity contribution in [2.24, 2.45) is 0 Å². The first-order valence-electron chi connectivity index (χ1n) is 6.59. The van der Waals surface area contributed by atoms with Gasteiger partial charge in [-0.3, -0.25) is 0 Å². The molecular formula is C14H21NO2S. The van der Waals surface area contributed by atoms with Gasteiger partial charge in [0.15, 0.2) is 9.84 Å². The summed E-state index contributed by atoms with van der Waals surface area (Å²) >= 11 is 0. The maximum absolute atomic E-state index is 12.1. The molecule has 2 unspecified atom stereocenters. The van der Waals surface area contributed by atoms with Crippen molar-refractivity contribution in [2.75, 3.05) is 12.8 Å². The van der Waals surface area contributed by atoms with E-state index in [0.717, 1.165) is 24.8 Å². The van der Waals surface area contributed by atoms with Crippen molar-refractivity contribution < 1.29 is 8.42 Å². The van der Waals surface area contributed by atoms with Crippen molar-refractivity contribution in [3.05, 3.63) is 29.8 Å². The highest BCUT2D eigenvalue weighted by molar-refractivity contribution is 7.91. The van der Waals surface area contributed by atoms with E-state index in [4.69, 9.17) is 0 Å². The summed E-state index contributed by atoms with van der Waals surface area (Å²) in [6, 6.07) is 7.83. The molecule has 0 radical (unpaired) electrons. The molecule has 0 fully saturated rings. The molecule has 0 aliphatic carbocycles. The first kappa shape index (κ1) is 13.6. The molecular weight excluding hydrogens is 246 g/mol. The average Bonchev–Trinajstić information content (AvgIpc) is 2.37. The molecule has 4 heteroatoms. The van der Waals surface area contributed by atoms with E-state index in [1.165, 1.54) is 0 Å². The first-order chi connectivity index (χ1) is 8.60. The number of rotatable bonds is 4. The van der Waals surface area contributed by atoms with Crippen LogP contribution in [0.25, 0.3) is 0 Å². The van der Waals surface area contributed by atoms with E-state index >= 15 is 0 Å². The van der Waals surface area contributed by atoms with Crippen molar-refractivity contribution in [1.29, 1.82) is 0 Å². The Morgan fingerprint density at radius 1 is 1.39 bits per heavy atom. The maximum atomic E-state index is 12.1. The summed E-state index contributed by atoms with van der Waals surface area (Å²) in [6.07, 6.45) is 2.91. The number of fused-ring (bicyclic) bond motifs is 1. The molecule has 18 heavy (non-hydrogen) atoms. The summed E-state index contributed by atoms with van der Waals surface area (Å²) in [5, 5.41) is 3.35. The number of nitrogens with one attached hydrogen (secondary N) is 1. The Morgan fingerprint density at radius 3 is 2.78 bits per heavy atom. The van der Waals surface area contributed by atoms with Gasteiger partial charge in [-0.1, -0.05) is 31.5 Å². The second-order valence-electron chi connectivity index (χ2n) is 4.94. The molecule has 1 aromatic rings. The van der Waals surface area contributed by atoms with Gasteiger partial charge in [0, 0.05) is 12.0 Å². The molecule has 1 aliphatic heterocycles. The minimum Gasteiger partial charge on any atom is -0.316 e. The predicted octanol–water partition coefficient (Wildman–Crippen LogP) is 2.34. The van der Waals surface area contributed by atoms with Crippen LogP contribution < -0.4 is 5.32 Å². The van der Waals surface area contributed by atoms with E-state index in [1.807, 2.05) is 25.2 Å². The van der Waals surface area contributed by atoms with Crippen LogP contribution in [0.3, 0.4) is 0 Å². The monoisotopic (exact) mass is 267 g/mol. The standard InChI is InChI=1S/C14H21NO2S/c1-3-6-13(15-2)11-9-10-18(16,17)14-8-5-4-7-12(11)14/h4-5,7-8,11,13,15H,3,6,9-10H2,1-2H3. The fraction of sp³-hybridized carbons (Fsp3) is 0.571. The molecule has 0 amide bonds. The second kappa shape index (κ2) is 5.41. The van der Waals surface area contributed by atoms with Crippen LogP contribution in [0.5, 0.6) is 0 Å². The van der Waals surface area contributed by atoms with Crippen LogP contribution in [-0.2, 0) is 9.84 Å². The Hall–Kier alpha value is -0.870. The van der Waals surface area contributed by atoms with E-state index in [2.05, 4.69) is 12.2 Å². The molecule has 0 aromatic heterocycles. The SMILES string of the molecule is CCCC(NC)C1CCS(=O)(=O)c2ccccc21. The van der Waals surface area contributed by atoms with Crippen LogP contribution in [0.4, 0.5) is 0 Å². The summed E-state index contributed by atoms with van der Waals surface area (Å²) in [5.74, 6) is 0.589. The van der Waals surface area contributed by atoms with Gasteiger partial charge in [0.25, 0.3) is 0 Å². The fourth-order valence-electron chi connectivity index (χ4n) is 2.89. The number of sulfone groups is 1. The molecule has 2 rings (SSSR count). The van der Waals surface area contributed by atoms with Crippen molar-refractivity contribution in [3.63, 3.8) is 0 Å². The molecule has 1 aliphatic rings. The van der Waals surface area contributed by atoms with Crippen molar-refractivity contribution in [3.8, 4) is 0 Å². The molecule has 0 saturated heterocycles. The van der Waals surface area contributed by atoms with Gasteiger partial charge < -0.3 is 5.32 Å². The highest BCUT2D eigenvalue weighted by Crippen LogP contribution is 2.36. The Labute approximate surface area is 110 Å². The summed E-state index contributed by atoms with van der Waals surface area (Å²) < 4.78 is 24.1. The third-order valence-corrected chi connectivity index (χ3v) is 5.62. The lowest BCUT2D eigenvalue weighted by Crippen LogP contribution is -2.36. The average molecular weight is 267 g/mol. The molecule has 1 aromatic carbocycles. The normalized spacial score (nSPS) is 23.3. The van der Waals surface area contributed by atoms with Crippen molar-refractivity contribution >= 4 is 9.84 Å². The van der Waals surface area contributed by atoms with Crippen molar-refractivity contribution in [2.45, 2.75) is 43.0 Å². The quantitative estimate of drug-likeness (QED) is 0.910. The molecule has 100 valence electrons. The Morgan fingerprint density at radius 2 is 2.11 bits per heavy atom. The fourth-order valence-corrected chi connectivity index (χ4v) is 4.54. The summed E-state index contributed by atoms with van der Waals surface area (Å²) in [5.41, 5.74) is 0.997. The molecule has 0 saturated carbocycles.